The van der Waals surface area contributed by atoms with Crippen molar-refractivity contribution in [3.05, 3.63) is 60.2 Å². The van der Waals surface area contributed by atoms with E-state index in [0.717, 1.165) is 0 Å². The molecule has 2 aromatic heterocycles. The molecule has 0 saturated heterocycles. The van der Waals surface area contributed by atoms with Crippen LogP contribution < -0.4 is 11.1 Å². The number of aliphatic hydroxyl groups is 1. The Labute approximate surface area is 168 Å². The number of hydrogen-bond donors (Lipinski definition) is 2. The maximum Gasteiger partial charge on any atom is 0.343 e. The van der Waals surface area contributed by atoms with Crippen LogP contribution in [-0.2, 0) is 10.2 Å². The lowest BCUT2D eigenvalue weighted by atomic mass is 9.62. The summed E-state index contributed by atoms with van der Waals surface area (Å²) < 4.78 is 11.2. The topological polar surface area (TPSA) is 118 Å². The number of carbonyl (C=O) groups excluding carboxylic acids is 1. The predicted octanol–water partition coefficient (Wildman–Crippen LogP) is 2.52. The highest BCUT2D eigenvalue weighted by atomic mass is 16.4. The van der Waals surface area contributed by atoms with Crippen molar-refractivity contribution in [2.45, 2.75) is 59.3 Å². The van der Waals surface area contributed by atoms with Crippen LogP contribution >= 0.6 is 0 Å². The summed E-state index contributed by atoms with van der Waals surface area (Å²) in [7, 11) is 0. The molecular formula is C22H26O7. The van der Waals surface area contributed by atoms with Crippen molar-refractivity contribution < 1.29 is 23.8 Å². The maximum absolute atomic E-state index is 13.4. The summed E-state index contributed by atoms with van der Waals surface area (Å²) >= 11 is 0. The van der Waals surface area contributed by atoms with Crippen molar-refractivity contribution in [2.75, 3.05) is 6.61 Å². The molecular weight excluding hydrogens is 376 g/mol. The Bertz CT molecular complexity index is 1120. The van der Waals surface area contributed by atoms with Crippen molar-refractivity contribution in [3.63, 3.8) is 0 Å². The van der Waals surface area contributed by atoms with Gasteiger partial charge in [0.1, 0.15) is 23.0 Å². The van der Waals surface area contributed by atoms with E-state index in [1.807, 2.05) is 0 Å². The molecule has 1 aliphatic rings. The second-order valence-corrected chi connectivity index (χ2v) is 8.00. The summed E-state index contributed by atoms with van der Waals surface area (Å²) in [4.78, 5) is 39.4. The van der Waals surface area contributed by atoms with Gasteiger partial charge in [0.25, 0.3) is 0 Å². The van der Waals surface area contributed by atoms with Gasteiger partial charge in [-0.1, -0.05) is 6.92 Å². The van der Waals surface area contributed by atoms with E-state index < -0.39 is 29.5 Å². The van der Waals surface area contributed by atoms with Gasteiger partial charge >= 0.3 is 5.63 Å². The van der Waals surface area contributed by atoms with E-state index in [-0.39, 0.29) is 39.6 Å². The van der Waals surface area contributed by atoms with Gasteiger partial charge in [-0.25, -0.2) is 4.79 Å². The molecule has 2 N–H and O–H groups in total. The van der Waals surface area contributed by atoms with Crippen molar-refractivity contribution >= 4 is 5.78 Å². The number of fused-ring (bicyclic) bond motifs is 1. The molecule has 2 aromatic rings. The lowest BCUT2D eigenvalue weighted by Crippen LogP contribution is -2.49. The minimum Gasteiger partial charge on any atom is -0.507 e. The molecule has 0 aliphatic heterocycles. The molecule has 3 atom stereocenters. The fourth-order valence-corrected chi connectivity index (χ4v) is 4.19. The molecule has 0 fully saturated rings. The molecule has 0 spiro atoms. The molecule has 7 nitrogen and oxygen atoms in total. The summed E-state index contributed by atoms with van der Waals surface area (Å²) in [5.41, 5.74) is -1.72. The van der Waals surface area contributed by atoms with Gasteiger partial charge in [-0.2, -0.15) is 0 Å². The zero-order valence-electron chi connectivity index (χ0n) is 17.5. The van der Waals surface area contributed by atoms with Crippen LogP contribution in [0.2, 0.25) is 0 Å². The van der Waals surface area contributed by atoms with Crippen LogP contribution in [0.1, 0.15) is 65.7 Å². The predicted molar refractivity (Wildman–Crippen MR) is 106 cm³/mol. The zero-order valence-corrected chi connectivity index (χ0v) is 17.5. The average Bonchev–Trinajstić information content (AvgIpc) is 2.68. The fourth-order valence-electron chi connectivity index (χ4n) is 4.19. The van der Waals surface area contributed by atoms with Gasteiger partial charge in [-0.3, -0.25) is 9.59 Å². The Kier molecular flexibility index (Phi) is 5.07. The summed E-state index contributed by atoms with van der Waals surface area (Å²) in [6.07, 6.45) is 0.348. The van der Waals surface area contributed by atoms with E-state index in [4.69, 9.17) is 8.83 Å². The molecule has 1 aliphatic carbocycles. The minimum atomic E-state index is -1.16. The largest absolute Gasteiger partial charge is 0.507 e. The molecule has 0 aromatic carbocycles. The number of aromatic hydroxyl groups is 1. The van der Waals surface area contributed by atoms with E-state index in [2.05, 4.69) is 0 Å². The highest BCUT2D eigenvalue weighted by molar-refractivity contribution is 5.94. The third kappa shape index (κ3) is 2.79. The molecule has 0 saturated carbocycles. The number of hydrogen-bond acceptors (Lipinski definition) is 7. The summed E-state index contributed by atoms with van der Waals surface area (Å²) in [6.45, 7) is 9.26. The molecule has 7 heteroatoms. The van der Waals surface area contributed by atoms with Crippen molar-refractivity contribution in [2.24, 2.45) is 5.92 Å². The molecule has 0 bridgehead atoms. The van der Waals surface area contributed by atoms with Gasteiger partial charge in [-0.05, 0) is 41.0 Å². The van der Waals surface area contributed by atoms with Crippen LogP contribution in [0.4, 0.5) is 0 Å². The molecule has 156 valence electrons. The van der Waals surface area contributed by atoms with Crippen LogP contribution in [0.25, 0.3) is 0 Å². The van der Waals surface area contributed by atoms with Crippen LogP contribution in [0.3, 0.4) is 0 Å². The third-order valence-corrected chi connectivity index (χ3v) is 6.53. The first-order valence-corrected chi connectivity index (χ1v) is 9.64. The first-order chi connectivity index (χ1) is 13.5. The quantitative estimate of drug-likeness (QED) is 0.810. The van der Waals surface area contributed by atoms with Crippen molar-refractivity contribution in [1.29, 1.82) is 0 Å². The minimum absolute atomic E-state index is 0.127. The SMILES string of the molecule is CC[C@@]1(C)C(=O)C(CO)[C@H](c2c(O)c(C)c(C)oc2=O)c2c1oc(C)c(C)c2=O. The smallest absolute Gasteiger partial charge is 0.343 e. The van der Waals surface area contributed by atoms with Gasteiger partial charge in [0.15, 0.2) is 11.2 Å². The van der Waals surface area contributed by atoms with E-state index in [0.29, 0.717) is 23.3 Å². The summed E-state index contributed by atoms with van der Waals surface area (Å²) in [6, 6.07) is 0. The third-order valence-electron chi connectivity index (χ3n) is 6.53. The summed E-state index contributed by atoms with van der Waals surface area (Å²) in [5, 5.41) is 20.9. The van der Waals surface area contributed by atoms with Gasteiger partial charge in [0, 0.05) is 22.6 Å². The second kappa shape index (κ2) is 6.99. The number of rotatable bonds is 3. The van der Waals surface area contributed by atoms with E-state index in [9.17, 15) is 24.6 Å². The first-order valence-electron chi connectivity index (χ1n) is 9.64. The summed E-state index contributed by atoms with van der Waals surface area (Å²) in [5.74, 6) is -2.11. The number of ketones is 1. The van der Waals surface area contributed by atoms with E-state index >= 15 is 0 Å². The number of aliphatic hydroxyl groups excluding tert-OH is 1. The van der Waals surface area contributed by atoms with Crippen molar-refractivity contribution in [1.82, 2.24) is 0 Å². The number of Topliss-reactive ketones (excluding diaryl/α,β-unsaturated/α-hetero) is 1. The van der Waals surface area contributed by atoms with Crippen molar-refractivity contribution in [3.8, 4) is 5.75 Å². The molecule has 3 rings (SSSR count). The first kappa shape index (κ1) is 21.0. The van der Waals surface area contributed by atoms with Gasteiger partial charge in [0.05, 0.1) is 23.5 Å². The molecule has 0 amide bonds. The maximum atomic E-state index is 13.4. The Morgan fingerprint density at radius 3 is 2.10 bits per heavy atom. The zero-order chi connectivity index (χ0) is 21.8. The van der Waals surface area contributed by atoms with Gasteiger partial charge in [0.2, 0.25) is 0 Å². The Balaban J connectivity index is 2.53. The van der Waals surface area contributed by atoms with Crippen LogP contribution in [0.5, 0.6) is 5.75 Å². The monoisotopic (exact) mass is 402 g/mol. The highest BCUT2D eigenvalue weighted by Gasteiger charge is 2.53. The fraction of sp³-hybridized carbons (Fsp3) is 0.500. The van der Waals surface area contributed by atoms with Crippen LogP contribution in [0, 0.1) is 33.6 Å². The molecule has 1 unspecified atom stereocenters. The lowest BCUT2D eigenvalue weighted by molar-refractivity contribution is -0.131. The van der Waals surface area contributed by atoms with E-state index in [1.54, 1.807) is 41.5 Å². The van der Waals surface area contributed by atoms with Crippen LogP contribution in [0.15, 0.2) is 18.4 Å². The lowest BCUT2D eigenvalue weighted by Gasteiger charge is -2.40. The number of aryl methyl sites for hydroxylation is 2. The van der Waals surface area contributed by atoms with E-state index in [1.165, 1.54) is 0 Å². The Hall–Kier alpha value is -2.67. The molecule has 0 radical (unpaired) electrons. The number of carbonyl (C=O) groups is 1. The molecule has 29 heavy (non-hydrogen) atoms. The highest BCUT2D eigenvalue weighted by Crippen LogP contribution is 2.48. The standard InChI is InChI=1S/C22H26O7/c1-7-22(6)19(26)13(8-23)14(15-17(24)9(2)11(4)28-20(15)22)16-18(25)10(3)12(5)29-21(16)27/h13-14,23,25H,7-8H2,1-6H3/t13?,14-,22-/m0/s1. The second-order valence-electron chi connectivity index (χ2n) is 8.00. The normalized spacial score (nSPS) is 23.9. The Morgan fingerprint density at radius 2 is 1.55 bits per heavy atom. The van der Waals surface area contributed by atoms with Gasteiger partial charge in [-0.15, -0.1) is 0 Å². The molecule has 2 heterocycles. The van der Waals surface area contributed by atoms with Gasteiger partial charge < -0.3 is 19.0 Å². The average molecular weight is 402 g/mol. The van der Waals surface area contributed by atoms with Crippen LogP contribution in [-0.4, -0.2) is 22.6 Å². The Morgan fingerprint density at radius 1 is 0.966 bits per heavy atom.